The van der Waals surface area contributed by atoms with E-state index in [1.807, 2.05) is 0 Å². The van der Waals surface area contributed by atoms with E-state index in [1.165, 1.54) is 0 Å². The molecule has 0 aromatic heterocycles. The molecule has 0 unspecified atom stereocenters. The molecule has 16 heavy (non-hydrogen) atoms. The van der Waals surface area contributed by atoms with Crippen molar-refractivity contribution in [1.29, 1.82) is 0 Å². The van der Waals surface area contributed by atoms with Crippen LogP contribution in [0.1, 0.15) is 6.42 Å². The predicted octanol–water partition coefficient (Wildman–Crippen LogP) is -0.910. The SMILES string of the molecule is COCCCN=C(NN)N1CCN(C)CC1. The molecule has 0 aliphatic carbocycles. The predicted molar refractivity (Wildman–Crippen MR) is 65.2 cm³/mol. The summed E-state index contributed by atoms with van der Waals surface area (Å²) < 4.78 is 4.98. The van der Waals surface area contributed by atoms with Crippen molar-refractivity contribution in [2.24, 2.45) is 10.8 Å². The molecule has 1 aliphatic heterocycles. The number of hydrazine groups is 1. The van der Waals surface area contributed by atoms with E-state index < -0.39 is 0 Å². The number of ether oxygens (including phenoxy) is 1. The highest BCUT2D eigenvalue weighted by atomic mass is 16.5. The van der Waals surface area contributed by atoms with Crippen LogP contribution < -0.4 is 11.3 Å². The van der Waals surface area contributed by atoms with Crippen LogP contribution in [0.5, 0.6) is 0 Å². The zero-order valence-corrected chi connectivity index (χ0v) is 10.3. The Kier molecular flexibility index (Phi) is 6.14. The van der Waals surface area contributed by atoms with Gasteiger partial charge in [0.15, 0.2) is 0 Å². The van der Waals surface area contributed by atoms with Crippen LogP contribution in [-0.4, -0.2) is 69.2 Å². The maximum Gasteiger partial charge on any atom is 0.208 e. The second-order valence-electron chi connectivity index (χ2n) is 3.99. The fourth-order valence-corrected chi connectivity index (χ4v) is 1.65. The van der Waals surface area contributed by atoms with Crippen molar-refractivity contribution in [2.75, 3.05) is 53.5 Å². The Morgan fingerprint density at radius 2 is 2.06 bits per heavy atom. The number of nitrogens with zero attached hydrogens (tertiary/aromatic N) is 3. The van der Waals surface area contributed by atoms with Crippen LogP contribution in [0.4, 0.5) is 0 Å². The Labute approximate surface area is 97.4 Å². The quantitative estimate of drug-likeness (QED) is 0.215. The molecule has 6 nitrogen and oxygen atoms in total. The highest BCUT2D eigenvalue weighted by Crippen LogP contribution is 1.99. The Hall–Kier alpha value is -0.850. The molecule has 0 saturated carbocycles. The van der Waals surface area contributed by atoms with E-state index in [9.17, 15) is 0 Å². The van der Waals surface area contributed by atoms with Crippen molar-refractivity contribution in [3.05, 3.63) is 0 Å². The number of rotatable bonds is 4. The van der Waals surface area contributed by atoms with Gasteiger partial charge in [0, 0.05) is 46.4 Å². The second kappa shape index (κ2) is 7.43. The average molecular weight is 229 g/mol. The van der Waals surface area contributed by atoms with Crippen LogP contribution >= 0.6 is 0 Å². The van der Waals surface area contributed by atoms with E-state index in [1.54, 1.807) is 7.11 Å². The van der Waals surface area contributed by atoms with Crippen LogP contribution in [0.3, 0.4) is 0 Å². The minimum Gasteiger partial charge on any atom is -0.385 e. The van der Waals surface area contributed by atoms with E-state index in [0.29, 0.717) is 0 Å². The molecule has 94 valence electrons. The molecule has 0 spiro atoms. The summed E-state index contributed by atoms with van der Waals surface area (Å²) >= 11 is 0. The molecule has 1 fully saturated rings. The van der Waals surface area contributed by atoms with Gasteiger partial charge in [0.25, 0.3) is 0 Å². The molecule has 6 heteroatoms. The summed E-state index contributed by atoms with van der Waals surface area (Å²) in [5.74, 6) is 6.28. The Morgan fingerprint density at radius 3 is 2.62 bits per heavy atom. The van der Waals surface area contributed by atoms with Gasteiger partial charge < -0.3 is 14.5 Å². The number of piperazine rings is 1. The molecule has 1 heterocycles. The second-order valence-corrected chi connectivity index (χ2v) is 3.99. The van der Waals surface area contributed by atoms with Crippen molar-refractivity contribution < 1.29 is 4.74 Å². The molecule has 1 aliphatic rings. The monoisotopic (exact) mass is 229 g/mol. The molecule has 3 N–H and O–H groups in total. The summed E-state index contributed by atoms with van der Waals surface area (Å²) in [7, 11) is 3.83. The largest absolute Gasteiger partial charge is 0.385 e. The number of nitrogens with two attached hydrogens (primary N) is 1. The van der Waals surface area contributed by atoms with Gasteiger partial charge in [-0.2, -0.15) is 0 Å². The fourth-order valence-electron chi connectivity index (χ4n) is 1.65. The first-order valence-electron chi connectivity index (χ1n) is 5.71. The molecular weight excluding hydrogens is 206 g/mol. The minimum absolute atomic E-state index is 0.740. The first kappa shape index (κ1) is 13.2. The normalized spacial score (nSPS) is 18.9. The number of guanidine groups is 1. The molecule has 1 rings (SSSR count). The minimum atomic E-state index is 0.740. The van der Waals surface area contributed by atoms with Crippen molar-refractivity contribution in [3.63, 3.8) is 0 Å². The maximum absolute atomic E-state index is 5.49. The lowest BCUT2D eigenvalue weighted by atomic mass is 10.3. The molecule has 0 radical (unpaired) electrons. The van der Waals surface area contributed by atoms with E-state index in [-0.39, 0.29) is 0 Å². The van der Waals surface area contributed by atoms with Crippen LogP contribution in [-0.2, 0) is 4.74 Å². The van der Waals surface area contributed by atoms with Gasteiger partial charge >= 0.3 is 0 Å². The van der Waals surface area contributed by atoms with E-state index in [0.717, 1.165) is 51.7 Å². The third-order valence-corrected chi connectivity index (χ3v) is 2.70. The summed E-state index contributed by atoms with van der Waals surface area (Å²) in [6.07, 6.45) is 0.926. The maximum atomic E-state index is 5.49. The van der Waals surface area contributed by atoms with Gasteiger partial charge in [-0.05, 0) is 13.5 Å². The fraction of sp³-hybridized carbons (Fsp3) is 0.900. The summed E-state index contributed by atoms with van der Waals surface area (Å²) in [4.78, 5) is 8.92. The lowest BCUT2D eigenvalue weighted by molar-refractivity contribution is 0.196. The Bertz CT molecular complexity index is 213. The van der Waals surface area contributed by atoms with E-state index >= 15 is 0 Å². The summed E-state index contributed by atoms with van der Waals surface area (Å²) in [6.45, 7) is 5.55. The van der Waals surface area contributed by atoms with Crippen LogP contribution in [0.15, 0.2) is 4.99 Å². The number of hydrogen-bond donors (Lipinski definition) is 2. The van der Waals surface area contributed by atoms with Gasteiger partial charge in [0.2, 0.25) is 5.96 Å². The third-order valence-electron chi connectivity index (χ3n) is 2.70. The van der Waals surface area contributed by atoms with Crippen LogP contribution in [0, 0.1) is 0 Å². The molecular formula is C10H23N5O. The topological polar surface area (TPSA) is 66.1 Å². The lowest BCUT2D eigenvalue weighted by Crippen LogP contribution is -2.53. The van der Waals surface area contributed by atoms with Crippen LogP contribution in [0.25, 0.3) is 0 Å². The van der Waals surface area contributed by atoms with Crippen molar-refractivity contribution in [3.8, 4) is 0 Å². The van der Waals surface area contributed by atoms with Crippen LogP contribution in [0.2, 0.25) is 0 Å². The first-order valence-corrected chi connectivity index (χ1v) is 5.71. The van der Waals surface area contributed by atoms with Gasteiger partial charge in [0.1, 0.15) is 0 Å². The summed E-state index contributed by atoms with van der Waals surface area (Å²) in [6, 6.07) is 0. The van der Waals surface area contributed by atoms with Crippen molar-refractivity contribution in [1.82, 2.24) is 15.2 Å². The zero-order valence-electron chi connectivity index (χ0n) is 10.3. The molecule has 0 bridgehead atoms. The number of aliphatic imine (C=N–C) groups is 1. The molecule has 1 saturated heterocycles. The number of nitrogens with one attached hydrogen (secondary N) is 1. The Morgan fingerprint density at radius 1 is 1.38 bits per heavy atom. The molecule has 0 aromatic rings. The van der Waals surface area contributed by atoms with Gasteiger partial charge in [0.05, 0.1) is 0 Å². The lowest BCUT2D eigenvalue weighted by Gasteiger charge is -2.34. The Balaban J connectivity index is 2.34. The van der Waals surface area contributed by atoms with Crippen molar-refractivity contribution >= 4 is 5.96 Å². The standard InChI is InChI=1S/C10H23N5O/c1-14-5-7-15(8-6-14)10(13-11)12-4-3-9-16-2/h3-9,11H2,1-2H3,(H,12,13). The number of likely N-dealkylation sites (N-methyl/N-ethyl adjacent to an activating group) is 1. The van der Waals surface area contributed by atoms with E-state index in [2.05, 4.69) is 27.3 Å². The van der Waals surface area contributed by atoms with Gasteiger partial charge in [-0.3, -0.25) is 10.4 Å². The van der Waals surface area contributed by atoms with Gasteiger partial charge in [-0.25, -0.2) is 5.84 Å². The average Bonchev–Trinajstić information content (AvgIpc) is 2.31. The number of hydrogen-bond acceptors (Lipinski definition) is 4. The smallest absolute Gasteiger partial charge is 0.208 e. The summed E-state index contributed by atoms with van der Waals surface area (Å²) in [5, 5.41) is 0. The van der Waals surface area contributed by atoms with Gasteiger partial charge in [-0.15, -0.1) is 0 Å². The van der Waals surface area contributed by atoms with Gasteiger partial charge in [-0.1, -0.05) is 0 Å². The highest BCUT2D eigenvalue weighted by molar-refractivity contribution is 5.79. The van der Waals surface area contributed by atoms with Crippen molar-refractivity contribution in [2.45, 2.75) is 6.42 Å². The number of methoxy groups -OCH3 is 1. The van der Waals surface area contributed by atoms with E-state index in [4.69, 9.17) is 10.6 Å². The zero-order chi connectivity index (χ0) is 11.8. The highest BCUT2D eigenvalue weighted by Gasteiger charge is 2.16. The summed E-state index contributed by atoms with van der Waals surface area (Å²) in [5.41, 5.74) is 2.68. The molecule has 0 atom stereocenters. The molecule has 0 amide bonds. The first-order chi connectivity index (χ1) is 7.77. The molecule has 0 aromatic carbocycles. The third kappa shape index (κ3) is 4.34.